The molecule has 0 amide bonds. The fraction of sp³-hybridized carbons (Fsp3) is 0.889. The molecule has 1 fully saturated rings. The second kappa shape index (κ2) is 3.53. The standard InChI is InChI=1S/C9H16O4S/c1-7(2)14(12,13)9(8(10)11)5-3-4-6-9/h7H,3-6H2,1-2H3,(H,10,11). The Morgan fingerprint density at radius 3 is 2.00 bits per heavy atom. The highest BCUT2D eigenvalue weighted by Gasteiger charge is 2.53. The van der Waals surface area contributed by atoms with Crippen LogP contribution in [0.25, 0.3) is 0 Å². The number of aliphatic carboxylic acids is 1. The first-order valence-electron chi connectivity index (χ1n) is 4.81. The van der Waals surface area contributed by atoms with Crippen LogP contribution in [-0.4, -0.2) is 29.5 Å². The summed E-state index contributed by atoms with van der Waals surface area (Å²) in [5.74, 6) is -1.18. The van der Waals surface area contributed by atoms with Crippen molar-refractivity contribution in [3.8, 4) is 0 Å². The largest absolute Gasteiger partial charge is 0.480 e. The number of sulfone groups is 1. The van der Waals surface area contributed by atoms with E-state index in [4.69, 9.17) is 5.11 Å². The highest BCUT2D eigenvalue weighted by atomic mass is 32.2. The molecule has 1 aliphatic rings. The van der Waals surface area contributed by atoms with Gasteiger partial charge in [-0.2, -0.15) is 0 Å². The van der Waals surface area contributed by atoms with Gasteiger partial charge in [-0.3, -0.25) is 4.79 Å². The van der Waals surface area contributed by atoms with Crippen LogP contribution in [0.5, 0.6) is 0 Å². The van der Waals surface area contributed by atoms with Gasteiger partial charge in [0.1, 0.15) is 0 Å². The first kappa shape index (κ1) is 11.5. The molecule has 14 heavy (non-hydrogen) atoms. The molecule has 0 radical (unpaired) electrons. The summed E-state index contributed by atoms with van der Waals surface area (Å²) in [5, 5.41) is 8.45. The molecule has 1 rings (SSSR count). The topological polar surface area (TPSA) is 71.4 Å². The average molecular weight is 220 g/mol. The molecule has 4 nitrogen and oxygen atoms in total. The van der Waals surface area contributed by atoms with Crippen molar-refractivity contribution in [2.75, 3.05) is 0 Å². The molecule has 0 saturated heterocycles. The lowest BCUT2D eigenvalue weighted by Crippen LogP contribution is -2.47. The number of carboxylic acid groups (broad SMARTS) is 1. The quantitative estimate of drug-likeness (QED) is 0.776. The molecule has 0 aliphatic heterocycles. The first-order valence-corrected chi connectivity index (χ1v) is 6.36. The molecule has 0 bridgehead atoms. The van der Waals surface area contributed by atoms with E-state index in [1.807, 2.05) is 0 Å². The van der Waals surface area contributed by atoms with Gasteiger partial charge in [-0.15, -0.1) is 0 Å². The highest BCUT2D eigenvalue weighted by Crippen LogP contribution is 2.39. The lowest BCUT2D eigenvalue weighted by Gasteiger charge is -2.25. The van der Waals surface area contributed by atoms with E-state index in [9.17, 15) is 13.2 Å². The monoisotopic (exact) mass is 220 g/mol. The van der Waals surface area contributed by atoms with E-state index in [1.54, 1.807) is 13.8 Å². The molecule has 1 N–H and O–H groups in total. The second-order valence-corrected chi connectivity index (χ2v) is 6.91. The van der Waals surface area contributed by atoms with E-state index >= 15 is 0 Å². The van der Waals surface area contributed by atoms with E-state index in [0.29, 0.717) is 12.8 Å². The Balaban J connectivity index is 3.19. The molecule has 0 heterocycles. The summed E-state index contributed by atoms with van der Waals surface area (Å²) in [6, 6.07) is 0. The maximum atomic E-state index is 11.9. The van der Waals surface area contributed by atoms with Crippen LogP contribution in [0.1, 0.15) is 39.5 Å². The molecular weight excluding hydrogens is 204 g/mol. The zero-order valence-electron chi connectivity index (χ0n) is 8.49. The fourth-order valence-electron chi connectivity index (χ4n) is 2.02. The van der Waals surface area contributed by atoms with Gasteiger partial charge in [-0.25, -0.2) is 8.42 Å². The molecule has 0 aromatic carbocycles. The van der Waals surface area contributed by atoms with Gasteiger partial charge in [-0.1, -0.05) is 12.8 Å². The molecular formula is C9H16O4S. The Bertz CT molecular complexity index is 323. The Labute approximate surface area is 84.2 Å². The van der Waals surface area contributed by atoms with Gasteiger partial charge in [0.15, 0.2) is 14.6 Å². The summed E-state index contributed by atoms with van der Waals surface area (Å²) < 4.78 is 22.3. The van der Waals surface area contributed by atoms with Gasteiger partial charge < -0.3 is 5.11 Å². The Morgan fingerprint density at radius 1 is 1.29 bits per heavy atom. The van der Waals surface area contributed by atoms with Crippen LogP contribution in [0, 0.1) is 0 Å². The summed E-state index contributed by atoms with van der Waals surface area (Å²) in [6.07, 6.45) is 1.92. The third-order valence-electron chi connectivity index (χ3n) is 2.97. The molecule has 0 aromatic heterocycles. The maximum Gasteiger partial charge on any atom is 0.325 e. The van der Waals surface area contributed by atoms with Crippen molar-refractivity contribution < 1.29 is 18.3 Å². The third kappa shape index (κ3) is 1.43. The normalized spacial score (nSPS) is 21.4. The Kier molecular flexibility index (Phi) is 2.90. The first-order chi connectivity index (χ1) is 6.34. The molecule has 82 valence electrons. The van der Waals surface area contributed by atoms with Crippen molar-refractivity contribution in [3.63, 3.8) is 0 Å². The molecule has 1 saturated carbocycles. The number of carbonyl (C=O) groups is 1. The van der Waals surface area contributed by atoms with E-state index in [0.717, 1.165) is 0 Å². The second-order valence-electron chi connectivity index (χ2n) is 4.10. The maximum absolute atomic E-state index is 11.9. The summed E-state index contributed by atoms with van der Waals surface area (Å²) in [5.41, 5.74) is 0. The van der Waals surface area contributed by atoms with Crippen molar-refractivity contribution >= 4 is 15.8 Å². The van der Waals surface area contributed by atoms with E-state index in [2.05, 4.69) is 0 Å². The summed E-state index contributed by atoms with van der Waals surface area (Å²) in [7, 11) is -3.54. The zero-order chi connectivity index (χ0) is 11.0. The van der Waals surface area contributed by atoms with Crippen LogP contribution in [-0.2, 0) is 14.6 Å². The minimum Gasteiger partial charge on any atom is -0.480 e. The van der Waals surface area contributed by atoms with Gasteiger partial charge in [0.05, 0.1) is 5.25 Å². The number of carboxylic acids is 1. The zero-order valence-corrected chi connectivity index (χ0v) is 9.30. The number of hydrogen-bond donors (Lipinski definition) is 1. The van der Waals surface area contributed by atoms with Crippen molar-refractivity contribution in [1.82, 2.24) is 0 Å². The molecule has 0 atom stereocenters. The minimum absolute atomic E-state index is 0.267. The summed E-state index contributed by atoms with van der Waals surface area (Å²) in [6.45, 7) is 3.08. The smallest absolute Gasteiger partial charge is 0.325 e. The van der Waals surface area contributed by atoms with E-state index in [1.165, 1.54) is 0 Å². The van der Waals surface area contributed by atoms with E-state index < -0.39 is 25.8 Å². The van der Waals surface area contributed by atoms with Crippen LogP contribution >= 0.6 is 0 Å². The molecule has 5 heteroatoms. The van der Waals surface area contributed by atoms with Gasteiger partial charge in [-0.05, 0) is 26.7 Å². The van der Waals surface area contributed by atoms with Crippen LogP contribution in [0.4, 0.5) is 0 Å². The SMILES string of the molecule is CC(C)S(=O)(=O)C1(C(=O)O)CCCC1. The van der Waals surface area contributed by atoms with Crippen molar-refractivity contribution in [2.45, 2.75) is 49.5 Å². The minimum atomic E-state index is -3.54. The predicted molar refractivity (Wildman–Crippen MR) is 52.9 cm³/mol. The van der Waals surface area contributed by atoms with Crippen molar-refractivity contribution in [2.24, 2.45) is 0 Å². The third-order valence-corrected chi connectivity index (χ3v) is 5.88. The Hall–Kier alpha value is -0.580. The van der Waals surface area contributed by atoms with Crippen LogP contribution in [0.15, 0.2) is 0 Å². The molecule has 1 aliphatic carbocycles. The lowest BCUT2D eigenvalue weighted by atomic mass is 10.1. The van der Waals surface area contributed by atoms with Gasteiger partial charge in [0.25, 0.3) is 0 Å². The number of rotatable bonds is 3. The van der Waals surface area contributed by atoms with Gasteiger partial charge in [0.2, 0.25) is 0 Å². The Morgan fingerprint density at radius 2 is 1.71 bits per heavy atom. The lowest BCUT2D eigenvalue weighted by molar-refractivity contribution is -0.139. The van der Waals surface area contributed by atoms with Gasteiger partial charge in [0, 0.05) is 0 Å². The average Bonchev–Trinajstić information content (AvgIpc) is 2.52. The van der Waals surface area contributed by atoms with Crippen LogP contribution < -0.4 is 0 Å². The van der Waals surface area contributed by atoms with Gasteiger partial charge >= 0.3 is 5.97 Å². The fourth-order valence-corrected chi connectivity index (χ4v) is 4.02. The van der Waals surface area contributed by atoms with Crippen LogP contribution in [0.3, 0.4) is 0 Å². The van der Waals surface area contributed by atoms with Crippen molar-refractivity contribution in [1.29, 1.82) is 0 Å². The number of hydrogen-bond acceptors (Lipinski definition) is 3. The molecule has 0 unspecified atom stereocenters. The van der Waals surface area contributed by atoms with Crippen LogP contribution in [0.2, 0.25) is 0 Å². The summed E-state index contributed by atoms with van der Waals surface area (Å²) >= 11 is 0. The molecule has 0 spiro atoms. The summed E-state index contributed by atoms with van der Waals surface area (Å²) in [4.78, 5) is 11.1. The predicted octanol–water partition coefficient (Wildman–Crippen LogP) is 1.21. The van der Waals surface area contributed by atoms with E-state index in [-0.39, 0.29) is 12.8 Å². The molecule has 0 aromatic rings. The highest BCUT2D eigenvalue weighted by molar-refractivity contribution is 7.94. The van der Waals surface area contributed by atoms with Crippen molar-refractivity contribution in [3.05, 3.63) is 0 Å².